The molecule has 1 N–H and O–H groups in total. The van der Waals surface area contributed by atoms with Gasteiger partial charge in [-0.3, -0.25) is 0 Å². The topological polar surface area (TPSA) is 20.2 Å². The Morgan fingerprint density at radius 1 is 1.00 bits per heavy atom. The van der Waals surface area contributed by atoms with Crippen LogP contribution in [0.5, 0.6) is 5.75 Å². The van der Waals surface area contributed by atoms with E-state index in [1.165, 1.54) is 81.8 Å². The molecule has 1 aromatic rings. The standard InChI is InChI=1S/C19H30O/c1-2-3-4-5-7-10-16-13-14-19(20)18(15-16)17-11-8-6-9-12-17/h13-15,17,20H,2-12H2,1H3. The molecule has 0 radical (unpaired) electrons. The fourth-order valence-corrected chi connectivity index (χ4v) is 3.43. The highest BCUT2D eigenvalue weighted by Gasteiger charge is 2.18. The van der Waals surface area contributed by atoms with E-state index in [1.54, 1.807) is 0 Å². The number of aryl methyl sites for hydroxylation is 1. The largest absolute Gasteiger partial charge is 0.508 e. The minimum Gasteiger partial charge on any atom is -0.508 e. The van der Waals surface area contributed by atoms with Crippen molar-refractivity contribution < 1.29 is 5.11 Å². The molecule has 0 amide bonds. The molecule has 1 fully saturated rings. The van der Waals surface area contributed by atoms with Gasteiger partial charge in [0.05, 0.1) is 0 Å². The first-order valence-corrected chi connectivity index (χ1v) is 8.63. The van der Waals surface area contributed by atoms with Crippen LogP contribution in [0.2, 0.25) is 0 Å². The number of hydrogen-bond acceptors (Lipinski definition) is 1. The molecule has 1 nitrogen and oxygen atoms in total. The average Bonchev–Trinajstić information content (AvgIpc) is 2.49. The van der Waals surface area contributed by atoms with Crippen molar-refractivity contribution in [2.24, 2.45) is 0 Å². The van der Waals surface area contributed by atoms with Crippen LogP contribution in [-0.4, -0.2) is 5.11 Å². The maximum Gasteiger partial charge on any atom is 0.119 e. The van der Waals surface area contributed by atoms with Gasteiger partial charge in [0.25, 0.3) is 0 Å². The predicted molar refractivity (Wildman–Crippen MR) is 86.4 cm³/mol. The molecule has 1 heteroatoms. The van der Waals surface area contributed by atoms with E-state index >= 15 is 0 Å². The summed E-state index contributed by atoms with van der Waals surface area (Å²) < 4.78 is 0. The summed E-state index contributed by atoms with van der Waals surface area (Å²) in [5.74, 6) is 1.12. The molecule has 112 valence electrons. The van der Waals surface area contributed by atoms with Crippen LogP contribution in [0, 0.1) is 0 Å². The van der Waals surface area contributed by atoms with Gasteiger partial charge in [0.2, 0.25) is 0 Å². The van der Waals surface area contributed by atoms with Crippen molar-refractivity contribution in [3.05, 3.63) is 29.3 Å². The first-order chi connectivity index (χ1) is 9.81. The lowest BCUT2D eigenvalue weighted by atomic mass is 9.83. The van der Waals surface area contributed by atoms with E-state index in [1.807, 2.05) is 6.07 Å². The summed E-state index contributed by atoms with van der Waals surface area (Å²) >= 11 is 0. The highest BCUT2D eigenvalue weighted by Crippen LogP contribution is 2.37. The van der Waals surface area contributed by atoms with Gasteiger partial charge in [0.1, 0.15) is 5.75 Å². The molecular weight excluding hydrogens is 244 g/mol. The van der Waals surface area contributed by atoms with Gasteiger partial charge < -0.3 is 5.11 Å². The molecule has 0 bridgehead atoms. The Labute approximate surface area is 124 Å². The highest BCUT2D eigenvalue weighted by atomic mass is 16.3. The molecule has 1 aromatic carbocycles. The molecule has 1 aliphatic carbocycles. The fraction of sp³-hybridized carbons (Fsp3) is 0.684. The van der Waals surface area contributed by atoms with Crippen molar-refractivity contribution in [1.82, 2.24) is 0 Å². The lowest BCUT2D eigenvalue weighted by Crippen LogP contribution is -2.05. The van der Waals surface area contributed by atoms with Crippen LogP contribution in [0.3, 0.4) is 0 Å². The predicted octanol–water partition coefficient (Wildman–Crippen LogP) is 5.95. The van der Waals surface area contributed by atoms with Gasteiger partial charge in [-0.25, -0.2) is 0 Å². The van der Waals surface area contributed by atoms with Gasteiger partial charge in [-0.1, -0.05) is 64.0 Å². The summed E-state index contributed by atoms with van der Waals surface area (Å²) in [5, 5.41) is 10.1. The fourth-order valence-electron chi connectivity index (χ4n) is 3.43. The van der Waals surface area contributed by atoms with E-state index in [0.29, 0.717) is 11.7 Å². The summed E-state index contributed by atoms with van der Waals surface area (Å²) in [6, 6.07) is 6.32. The zero-order chi connectivity index (χ0) is 14.2. The van der Waals surface area contributed by atoms with Gasteiger partial charge in [-0.2, -0.15) is 0 Å². The molecule has 0 saturated heterocycles. The smallest absolute Gasteiger partial charge is 0.119 e. The normalized spacial score (nSPS) is 16.4. The maximum absolute atomic E-state index is 10.1. The third-order valence-electron chi connectivity index (χ3n) is 4.71. The molecule has 2 rings (SSSR count). The molecule has 1 aliphatic rings. The lowest BCUT2D eigenvalue weighted by Gasteiger charge is -2.23. The van der Waals surface area contributed by atoms with E-state index in [9.17, 15) is 5.11 Å². The summed E-state index contributed by atoms with van der Waals surface area (Å²) in [6.07, 6.45) is 14.4. The summed E-state index contributed by atoms with van der Waals surface area (Å²) in [5.41, 5.74) is 2.63. The highest BCUT2D eigenvalue weighted by molar-refractivity contribution is 5.39. The number of unbranched alkanes of at least 4 members (excludes halogenated alkanes) is 4. The van der Waals surface area contributed by atoms with Crippen LogP contribution in [0.25, 0.3) is 0 Å². The molecular formula is C19H30O. The van der Waals surface area contributed by atoms with Crippen LogP contribution < -0.4 is 0 Å². The SMILES string of the molecule is CCCCCCCc1ccc(O)c(C2CCCCC2)c1. The second-order valence-electron chi connectivity index (χ2n) is 6.39. The first-order valence-electron chi connectivity index (χ1n) is 8.63. The quantitative estimate of drug-likeness (QED) is 0.609. The van der Waals surface area contributed by atoms with Crippen LogP contribution in [0.15, 0.2) is 18.2 Å². The zero-order valence-corrected chi connectivity index (χ0v) is 13.0. The van der Waals surface area contributed by atoms with E-state index in [0.717, 1.165) is 0 Å². The minimum absolute atomic E-state index is 0.520. The Morgan fingerprint density at radius 2 is 1.75 bits per heavy atom. The van der Waals surface area contributed by atoms with Crippen LogP contribution in [0.1, 0.15) is 88.2 Å². The Hall–Kier alpha value is -0.980. The average molecular weight is 274 g/mol. The summed E-state index contributed by atoms with van der Waals surface area (Å²) in [4.78, 5) is 0. The van der Waals surface area contributed by atoms with Crippen LogP contribution in [-0.2, 0) is 6.42 Å². The van der Waals surface area contributed by atoms with Gasteiger partial charge >= 0.3 is 0 Å². The Kier molecular flexibility index (Phi) is 6.42. The Morgan fingerprint density at radius 3 is 2.50 bits per heavy atom. The van der Waals surface area contributed by atoms with Crippen LogP contribution >= 0.6 is 0 Å². The van der Waals surface area contributed by atoms with Gasteiger partial charge in [0, 0.05) is 0 Å². The van der Waals surface area contributed by atoms with Crippen molar-refractivity contribution in [1.29, 1.82) is 0 Å². The van der Waals surface area contributed by atoms with Crippen molar-refractivity contribution >= 4 is 0 Å². The minimum atomic E-state index is 0.520. The van der Waals surface area contributed by atoms with Crippen LogP contribution in [0.4, 0.5) is 0 Å². The van der Waals surface area contributed by atoms with Crippen molar-refractivity contribution in [3.8, 4) is 5.75 Å². The molecule has 20 heavy (non-hydrogen) atoms. The molecule has 0 aromatic heterocycles. The molecule has 0 atom stereocenters. The second kappa shape index (κ2) is 8.34. The first kappa shape index (κ1) is 15.4. The summed E-state index contributed by atoms with van der Waals surface area (Å²) in [6.45, 7) is 2.26. The van der Waals surface area contributed by atoms with E-state index < -0.39 is 0 Å². The monoisotopic (exact) mass is 274 g/mol. The lowest BCUT2D eigenvalue weighted by molar-refractivity contribution is 0.414. The Balaban J connectivity index is 1.90. The third-order valence-corrected chi connectivity index (χ3v) is 4.71. The molecule has 0 unspecified atom stereocenters. The van der Waals surface area contributed by atoms with Crippen molar-refractivity contribution in [3.63, 3.8) is 0 Å². The number of phenolic OH excluding ortho intramolecular Hbond substituents is 1. The second-order valence-corrected chi connectivity index (χ2v) is 6.39. The van der Waals surface area contributed by atoms with Gasteiger partial charge in [-0.15, -0.1) is 0 Å². The molecule has 0 heterocycles. The Bertz CT molecular complexity index is 391. The number of rotatable bonds is 7. The van der Waals surface area contributed by atoms with E-state index in [2.05, 4.69) is 19.1 Å². The number of hydrogen-bond donors (Lipinski definition) is 1. The number of aromatic hydroxyl groups is 1. The molecule has 1 saturated carbocycles. The maximum atomic E-state index is 10.1. The third kappa shape index (κ3) is 4.54. The number of phenols is 1. The van der Waals surface area contributed by atoms with Gasteiger partial charge in [0.15, 0.2) is 0 Å². The zero-order valence-electron chi connectivity index (χ0n) is 13.0. The molecule has 0 spiro atoms. The van der Waals surface area contributed by atoms with E-state index in [-0.39, 0.29) is 0 Å². The van der Waals surface area contributed by atoms with Crippen molar-refractivity contribution in [2.75, 3.05) is 0 Å². The van der Waals surface area contributed by atoms with Crippen molar-refractivity contribution in [2.45, 2.75) is 83.5 Å². The van der Waals surface area contributed by atoms with E-state index in [4.69, 9.17) is 0 Å². The molecule has 0 aliphatic heterocycles. The summed E-state index contributed by atoms with van der Waals surface area (Å²) in [7, 11) is 0. The van der Waals surface area contributed by atoms with Gasteiger partial charge in [-0.05, 0) is 48.8 Å². The number of benzene rings is 1.